The fraction of sp³-hybridized carbons (Fsp3) is 0.471. The maximum absolute atomic E-state index is 14.5. The number of hydrogen-bond donors (Lipinski definition) is 1. The molecule has 3 aliphatic heterocycles. The second kappa shape index (κ2) is 10.7. The summed E-state index contributed by atoms with van der Waals surface area (Å²) in [6, 6.07) is 8.64. The lowest BCUT2D eigenvalue weighted by molar-refractivity contribution is -0.138. The molecule has 9 nitrogen and oxygen atoms in total. The Kier molecular flexibility index (Phi) is 7.07. The zero-order valence-corrected chi connectivity index (χ0v) is 26.3. The summed E-state index contributed by atoms with van der Waals surface area (Å²) in [6.07, 6.45) is 0.938. The predicted molar refractivity (Wildman–Crippen MR) is 167 cm³/mol. The Balaban J connectivity index is 1.19. The van der Waals surface area contributed by atoms with Crippen LogP contribution < -0.4 is 10.2 Å². The molecule has 242 valence electrons. The van der Waals surface area contributed by atoms with Crippen LogP contribution in [-0.4, -0.2) is 69.6 Å². The minimum Gasteiger partial charge on any atom is -0.388 e. The number of benzene rings is 2. The first kappa shape index (κ1) is 30.5. The number of hydrogen-bond acceptors (Lipinski definition) is 6. The van der Waals surface area contributed by atoms with Gasteiger partial charge < -0.3 is 19.7 Å². The highest BCUT2D eigenvalue weighted by Crippen LogP contribution is 2.53. The van der Waals surface area contributed by atoms with Gasteiger partial charge in [0.05, 0.1) is 17.5 Å². The Bertz CT molecular complexity index is 1740. The van der Waals surface area contributed by atoms with E-state index in [4.69, 9.17) is 0 Å². The van der Waals surface area contributed by atoms with Crippen LogP contribution in [0.25, 0.3) is 0 Å². The molecule has 1 N–H and O–H groups in total. The molecule has 0 unspecified atom stereocenters. The van der Waals surface area contributed by atoms with E-state index >= 15 is 0 Å². The third-order valence-corrected chi connectivity index (χ3v) is 10.5. The molecule has 1 aliphatic carbocycles. The fourth-order valence-electron chi connectivity index (χ4n) is 8.33. The summed E-state index contributed by atoms with van der Waals surface area (Å²) in [6.45, 7) is 8.55. The number of anilines is 2. The van der Waals surface area contributed by atoms with Crippen molar-refractivity contribution < 1.29 is 22.8 Å². The van der Waals surface area contributed by atoms with Crippen molar-refractivity contribution >= 4 is 23.2 Å². The molecule has 46 heavy (non-hydrogen) atoms. The summed E-state index contributed by atoms with van der Waals surface area (Å²) in [5.41, 5.74) is 1.63. The molecule has 1 aromatic heterocycles. The van der Waals surface area contributed by atoms with E-state index in [9.17, 15) is 22.8 Å². The van der Waals surface area contributed by atoms with Crippen LogP contribution in [0.1, 0.15) is 64.6 Å². The van der Waals surface area contributed by atoms with E-state index in [1.165, 1.54) is 17.0 Å². The summed E-state index contributed by atoms with van der Waals surface area (Å²) >= 11 is 0. The van der Waals surface area contributed by atoms with Gasteiger partial charge in [0.25, 0.3) is 5.91 Å². The van der Waals surface area contributed by atoms with Gasteiger partial charge in [-0.25, -0.2) is 0 Å². The monoisotopic (exact) mass is 633 g/mol. The van der Waals surface area contributed by atoms with Gasteiger partial charge in [-0.15, -0.1) is 10.2 Å². The van der Waals surface area contributed by atoms with Crippen LogP contribution in [0.2, 0.25) is 0 Å². The van der Waals surface area contributed by atoms with Crippen LogP contribution in [-0.2, 0) is 36.5 Å². The molecule has 4 heterocycles. The molecule has 3 aromatic rings. The maximum atomic E-state index is 14.5. The lowest BCUT2D eigenvalue weighted by Crippen LogP contribution is -2.59. The van der Waals surface area contributed by atoms with Gasteiger partial charge in [0.15, 0.2) is 0 Å². The van der Waals surface area contributed by atoms with E-state index in [1.54, 1.807) is 24.3 Å². The number of amides is 2. The summed E-state index contributed by atoms with van der Waals surface area (Å²) in [4.78, 5) is 31.3. The standard InChI is InChI=1S/C34H38F3N7O2/c1-5-29(45)43-18-32(19-43)6-7-42(17-32)15-22-8-26-27(28(9-22)34(35,36)37)16-44(30(26)46)25-11-23(10-24(12-25)38-3)33(13-21(2)14-33)31-40-39-20-41(31)4/h5,8-12,20-21,38H,1,6-7,13-19H2,2-4H3. The Morgan fingerprint density at radius 2 is 1.91 bits per heavy atom. The van der Waals surface area contributed by atoms with Gasteiger partial charge in [0.1, 0.15) is 12.2 Å². The van der Waals surface area contributed by atoms with E-state index in [2.05, 4.69) is 33.9 Å². The highest BCUT2D eigenvalue weighted by Gasteiger charge is 2.50. The number of aromatic nitrogens is 3. The third-order valence-electron chi connectivity index (χ3n) is 10.5. The van der Waals surface area contributed by atoms with E-state index in [0.717, 1.165) is 42.9 Å². The zero-order chi connectivity index (χ0) is 32.6. The number of alkyl halides is 3. The first-order valence-electron chi connectivity index (χ1n) is 15.7. The second-order valence-electron chi connectivity index (χ2n) is 13.8. The molecule has 2 saturated heterocycles. The van der Waals surface area contributed by atoms with Gasteiger partial charge in [-0.05, 0) is 84.8 Å². The van der Waals surface area contributed by atoms with Crippen LogP contribution in [0.5, 0.6) is 0 Å². The normalized spacial score (nSPS) is 23.8. The highest BCUT2D eigenvalue weighted by atomic mass is 19.4. The van der Waals surface area contributed by atoms with Crippen LogP contribution in [0.15, 0.2) is 49.3 Å². The van der Waals surface area contributed by atoms with Crippen molar-refractivity contribution in [2.45, 2.75) is 50.9 Å². The Morgan fingerprint density at radius 3 is 2.54 bits per heavy atom. The molecule has 2 amide bonds. The Labute approximate surface area is 266 Å². The minimum absolute atomic E-state index is 0.00778. The first-order valence-corrected chi connectivity index (χ1v) is 15.7. The number of halogens is 3. The lowest BCUT2D eigenvalue weighted by atomic mass is 9.58. The number of likely N-dealkylation sites (tertiary alicyclic amines) is 2. The van der Waals surface area contributed by atoms with Gasteiger partial charge in [0, 0.05) is 62.6 Å². The number of nitrogens with zero attached hydrogens (tertiary/aromatic N) is 6. The van der Waals surface area contributed by atoms with Crippen LogP contribution in [0.3, 0.4) is 0 Å². The quantitative estimate of drug-likeness (QED) is 0.370. The average Bonchev–Trinajstić information content (AvgIpc) is 3.70. The van der Waals surface area contributed by atoms with Crippen molar-refractivity contribution in [2.24, 2.45) is 18.4 Å². The summed E-state index contributed by atoms with van der Waals surface area (Å²) in [7, 11) is 3.70. The molecule has 0 atom stereocenters. The maximum Gasteiger partial charge on any atom is 0.416 e. The number of carbonyl (C=O) groups excluding carboxylic acids is 2. The van der Waals surface area contributed by atoms with Gasteiger partial charge in [-0.1, -0.05) is 13.5 Å². The summed E-state index contributed by atoms with van der Waals surface area (Å²) < 4.78 is 45.5. The number of aryl methyl sites for hydroxylation is 1. The molecule has 7 rings (SSSR count). The van der Waals surface area contributed by atoms with Gasteiger partial charge in [-0.3, -0.25) is 14.5 Å². The molecule has 1 saturated carbocycles. The van der Waals surface area contributed by atoms with Gasteiger partial charge in [-0.2, -0.15) is 13.2 Å². The number of fused-ring (bicyclic) bond motifs is 1. The molecule has 0 bridgehead atoms. The fourth-order valence-corrected chi connectivity index (χ4v) is 8.33. The minimum atomic E-state index is -4.61. The highest BCUT2D eigenvalue weighted by molar-refractivity contribution is 6.10. The largest absolute Gasteiger partial charge is 0.416 e. The van der Waals surface area contributed by atoms with Crippen molar-refractivity contribution in [3.05, 3.63) is 83.0 Å². The zero-order valence-electron chi connectivity index (χ0n) is 26.3. The molecule has 12 heteroatoms. The molecular formula is C34H38F3N7O2. The molecule has 2 aromatic carbocycles. The summed E-state index contributed by atoms with van der Waals surface area (Å²) in [5.74, 6) is 0.758. The number of nitrogens with one attached hydrogen (secondary N) is 1. The number of carbonyl (C=O) groups is 2. The predicted octanol–water partition coefficient (Wildman–Crippen LogP) is 4.97. The van der Waals surface area contributed by atoms with Crippen LogP contribution in [0, 0.1) is 11.3 Å². The molecular weight excluding hydrogens is 595 g/mol. The summed E-state index contributed by atoms with van der Waals surface area (Å²) in [5, 5.41) is 11.7. The van der Waals surface area contributed by atoms with Crippen molar-refractivity contribution in [2.75, 3.05) is 43.4 Å². The topological polar surface area (TPSA) is 86.6 Å². The second-order valence-corrected chi connectivity index (χ2v) is 13.8. The van der Waals surface area contributed by atoms with Gasteiger partial charge >= 0.3 is 6.18 Å². The van der Waals surface area contributed by atoms with E-state index in [0.29, 0.717) is 43.3 Å². The third kappa shape index (κ3) is 4.88. The van der Waals surface area contributed by atoms with E-state index < -0.39 is 23.1 Å². The van der Waals surface area contributed by atoms with Crippen molar-refractivity contribution in [1.82, 2.24) is 24.6 Å². The van der Waals surface area contributed by atoms with E-state index in [1.807, 2.05) is 29.8 Å². The molecule has 1 spiro atoms. The Hall–Kier alpha value is -4.19. The van der Waals surface area contributed by atoms with Crippen molar-refractivity contribution in [3.63, 3.8) is 0 Å². The molecule has 4 aliphatic rings. The van der Waals surface area contributed by atoms with Crippen LogP contribution >= 0.6 is 0 Å². The van der Waals surface area contributed by atoms with Crippen molar-refractivity contribution in [3.8, 4) is 0 Å². The SMILES string of the molecule is C=CC(=O)N1CC2(CCN(Cc3cc4c(c(C(F)(F)F)c3)CN(c3cc(NC)cc(C5(c6nncn6C)CC(C)C5)c3)C4=O)C2)C1. The molecule has 3 fully saturated rings. The lowest BCUT2D eigenvalue weighted by Gasteiger charge is -2.47. The smallest absolute Gasteiger partial charge is 0.388 e. The molecule has 0 radical (unpaired) electrons. The first-order chi connectivity index (χ1) is 21.8. The van der Waals surface area contributed by atoms with Crippen LogP contribution in [0.4, 0.5) is 24.5 Å². The van der Waals surface area contributed by atoms with Gasteiger partial charge in [0.2, 0.25) is 5.91 Å². The number of rotatable bonds is 7. The van der Waals surface area contributed by atoms with Crippen molar-refractivity contribution in [1.29, 1.82) is 0 Å². The Morgan fingerprint density at radius 1 is 1.15 bits per heavy atom. The average molecular weight is 634 g/mol. The van der Waals surface area contributed by atoms with E-state index in [-0.39, 0.29) is 29.0 Å².